The van der Waals surface area contributed by atoms with Gasteiger partial charge in [0.05, 0.1) is 64.6 Å². The molecule has 0 radical (unpaired) electrons. The van der Waals surface area contributed by atoms with Crippen LogP contribution in [0.1, 0.15) is 134 Å². The first-order valence-corrected chi connectivity index (χ1v) is 26.3. The molecule has 396 valence electrons. The van der Waals surface area contributed by atoms with Crippen LogP contribution in [0.25, 0.3) is 0 Å². The molecule has 0 unspecified atom stereocenters. The van der Waals surface area contributed by atoms with Crippen molar-refractivity contribution in [1.82, 2.24) is 4.90 Å². The molecule has 2 amide bonds. The minimum Gasteiger partial charge on any atom is -0.497 e. The Morgan fingerprint density at radius 3 is 2.24 bits per heavy atom. The van der Waals surface area contributed by atoms with Gasteiger partial charge in [-0.25, -0.2) is 9.59 Å². The molecule has 16 nitrogen and oxygen atoms in total. The molecule has 2 aromatic carbocycles. The molecule has 1 aliphatic heterocycles. The van der Waals surface area contributed by atoms with Crippen molar-refractivity contribution in [2.75, 3.05) is 78.9 Å². The minimum atomic E-state index is -1.54. The molecule has 1 heterocycles. The molecule has 2 aromatic rings. The van der Waals surface area contributed by atoms with Crippen LogP contribution in [0.4, 0.5) is 15.3 Å². The number of fused-ring (bicyclic) bond motifs is 2. The highest BCUT2D eigenvalue weighted by molar-refractivity contribution is 6.03. The van der Waals surface area contributed by atoms with Gasteiger partial charge in [-0.15, -0.1) is 6.58 Å². The Kier molecular flexibility index (Phi) is 24.8. The maximum absolute atomic E-state index is 14.7. The highest BCUT2D eigenvalue weighted by atomic mass is 16.7. The van der Waals surface area contributed by atoms with Crippen LogP contribution in [0.3, 0.4) is 0 Å². The second kappa shape index (κ2) is 30.9. The molecule has 1 fully saturated rings. The fraction of sp³-hybridized carbons (Fsp3) is 0.655. The minimum absolute atomic E-state index is 0.00709. The van der Waals surface area contributed by atoms with Crippen molar-refractivity contribution in [2.24, 2.45) is 22.9 Å². The molecule has 6 atom stereocenters. The van der Waals surface area contributed by atoms with Crippen LogP contribution in [0, 0.1) is 17.8 Å². The van der Waals surface area contributed by atoms with E-state index in [4.69, 9.17) is 43.2 Å². The number of carbonyl (C=O) groups is 2. The summed E-state index contributed by atoms with van der Waals surface area (Å²) in [5.41, 5.74) is 2.68. The number of unbranched alkanes of at least 4 members (excludes halogenated alkanes) is 11. The van der Waals surface area contributed by atoms with E-state index >= 15 is 0 Å². The summed E-state index contributed by atoms with van der Waals surface area (Å²) in [4.78, 5) is 35.9. The number of oxime groups is 1. The van der Waals surface area contributed by atoms with Gasteiger partial charge < -0.3 is 53.3 Å². The number of nitrogens with one attached hydrogen (secondary N) is 1. The van der Waals surface area contributed by atoms with Gasteiger partial charge in [-0.3, -0.25) is 10.2 Å². The largest absolute Gasteiger partial charge is 0.497 e. The molecule has 2 aliphatic carbocycles. The Bertz CT molecular complexity index is 2000. The summed E-state index contributed by atoms with van der Waals surface area (Å²) >= 11 is 0. The van der Waals surface area contributed by atoms with Crippen LogP contribution in [0.2, 0.25) is 0 Å². The third-order valence-corrected chi connectivity index (χ3v) is 13.9. The quantitative estimate of drug-likeness (QED) is 0.0294. The zero-order valence-electron chi connectivity index (χ0n) is 42.9. The number of carbonyl (C=O) groups excluding carboxylic acids is 2. The molecule has 0 spiro atoms. The Labute approximate surface area is 422 Å². The monoisotopic (exact) mass is 994 g/mol. The Morgan fingerprint density at radius 2 is 1.56 bits per heavy atom. The van der Waals surface area contributed by atoms with Crippen molar-refractivity contribution in [3.05, 3.63) is 66.3 Å². The first-order chi connectivity index (χ1) is 34.7. The van der Waals surface area contributed by atoms with Crippen LogP contribution in [-0.2, 0) is 19.0 Å². The van der Waals surface area contributed by atoms with E-state index in [-0.39, 0.29) is 82.7 Å². The van der Waals surface area contributed by atoms with Gasteiger partial charge in [-0.2, -0.15) is 0 Å². The van der Waals surface area contributed by atoms with Crippen molar-refractivity contribution in [2.45, 2.75) is 141 Å². The van der Waals surface area contributed by atoms with Crippen molar-refractivity contribution < 1.29 is 62.9 Å². The fourth-order valence-electron chi connectivity index (χ4n) is 10.5. The van der Waals surface area contributed by atoms with E-state index in [0.29, 0.717) is 48.1 Å². The molecule has 1 saturated carbocycles. The number of hydrogen-bond donors (Lipinski definition) is 4. The van der Waals surface area contributed by atoms with Crippen LogP contribution >= 0.6 is 0 Å². The van der Waals surface area contributed by atoms with E-state index in [1.807, 2.05) is 13.0 Å². The van der Waals surface area contributed by atoms with Crippen molar-refractivity contribution in [3.63, 3.8) is 0 Å². The lowest BCUT2D eigenvalue weighted by molar-refractivity contribution is -0.256. The molecule has 3 aliphatic rings. The molecule has 71 heavy (non-hydrogen) atoms. The smallest absolute Gasteiger partial charge is 0.417 e. The van der Waals surface area contributed by atoms with Gasteiger partial charge in [-0.05, 0) is 86.8 Å². The molecule has 16 heteroatoms. The van der Waals surface area contributed by atoms with Crippen molar-refractivity contribution in [1.29, 1.82) is 0 Å². The number of amides is 2. The predicted molar refractivity (Wildman–Crippen MR) is 274 cm³/mol. The summed E-state index contributed by atoms with van der Waals surface area (Å²) < 4.78 is 43.2. The van der Waals surface area contributed by atoms with Crippen LogP contribution in [-0.4, -0.2) is 124 Å². The zero-order valence-corrected chi connectivity index (χ0v) is 42.9. The van der Waals surface area contributed by atoms with Crippen LogP contribution in [0.5, 0.6) is 23.0 Å². The Balaban J connectivity index is 1.59. The topological polar surface area (TPSA) is 196 Å². The van der Waals surface area contributed by atoms with E-state index in [0.717, 1.165) is 62.5 Å². The van der Waals surface area contributed by atoms with Gasteiger partial charge in [0, 0.05) is 43.7 Å². The van der Waals surface area contributed by atoms with Crippen molar-refractivity contribution >= 4 is 23.6 Å². The van der Waals surface area contributed by atoms with E-state index in [1.54, 1.807) is 48.4 Å². The Morgan fingerprint density at radius 1 is 0.845 bits per heavy atom. The highest BCUT2D eigenvalue weighted by Crippen LogP contribution is 2.62. The molecule has 4 N–H and O–H groups in total. The lowest BCUT2D eigenvalue weighted by atomic mass is 9.55. The maximum Gasteiger partial charge on any atom is 0.417 e. The first kappa shape index (κ1) is 57.0. The third kappa shape index (κ3) is 15.8. The number of ether oxygens (including phenoxy) is 7. The van der Waals surface area contributed by atoms with Crippen LogP contribution in [0.15, 0.2) is 65.9 Å². The molecular formula is C55H83N3O13. The normalized spacial score (nSPS) is 21.5. The first-order valence-electron chi connectivity index (χ1n) is 26.3. The number of aliphatic hydroxyl groups is 3. The lowest BCUT2D eigenvalue weighted by Crippen LogP contribution is -2.70. The second-order valence-corrected chi connectivity index (χ2v) is 18.6. The van der Waals surface area contributed by atoms with E-state index < -0.39 is 29.9 Å². The average molecular weight is 994 g/mol. The molecule has 5 rings (SSSR count). The van der Waals surface area contributed by atoms with E-state index in [9.17, 15) is 24.9 Å². The molecule has 0 bridgehead atoms. The second-order valence-electron chi connectivity index (χ2n) is 18.6. The summed E-state index contributed by atoms with van der Waals surface area (Å²) in [6.07, 6.45) is 18.5. The molecular weight excluding hydrogens is 911 g/mol. The number of nitrogens with zero attached hydrogens (tertiary/aromatic N) is 2. The highest BCUT2D eigenvalue weighted by Gasteiger charge is 2.65. The van der Waals surface area contributed by atoms with Gasteiger partial charge in [0.25, 0.3) is 0 Å². The number of anilines is 1. The number of methoxy groups -OCH3 is 2. The van der Waals surface area contributed by atoms with E-state index in [2.05, 4.69) is 24.9 Å². The van der Waals surface area contributed by atoms with Crippen LogP contribution < -0.4 is 24.3 Å². The molecule has 0 saturated heterocycles. The summed E-state index contributed by atoms with van der Waals surface area (Å²) in [5, 5.41) is 37.2. The SMILES string of the molecule is C=CCO[C@@]12Oc3ccc(OC(=O)Nc4ccc(OC)cc4OC)cc3[C@H]3[C@H](CCCCO)[C@@H](CCCCO)C=C(C(=NOCC)C[C@@H]1N(CCOCCO)C(=O)OCCCCCCCCCCCC)[C@H]32. The lowest BCUT2D eigenvalue weighted by Gasteiger charge is -2.59. The van der Waals surface area contributed by atoms with Gasteiger partial charge in [0.1, 0.15) is 35.6 Å². The number of rotatable bonds is 34. The van der Waals surface area contributed by atoms with Gasteiger partial charge in [0.2, 0.25) is 5.79 Å². The van der Waals surface area contributed by atoms with E-state index in [1.165, 1.54) is 45.6 Å². The third-order valence-electron chi connectivity index (χ3n) is 13.9. The number of benzene rings is 2. The predicted octanol–water partition coefficient (Wildman–Crippen LogP) is 10.3. The average Bonchev–Trinajstić information content (AvgIpc) is 3.38. The summed E-state index contributed by atoms with van der Waals surface area (Å²) in [7, 11) is 3.05. The van der Waals surface area contributed by atoms with Crippen molar-refractivity contribution in [3.8, 4) is 23.0 Å². The standard InChI is InChI=1S/C55H83N3O13/c1-6-9-10-11-12-13-14-15-16-21-33-67-54(63)58(28-34-66-35-31-61)50-39-47(57-69-8-3)44-36-40(22-17-19-29-59)43(23-18-20-30-60)51-45-37-42(25-27-48(45)71-55(50,52(44)51)68-32-7-2)70-53(62)56-46-26-24-41(64-4)38-49(46)65-5/h7,24-27,36-38,40,43,50-52,59-61H,2,6,8-23,28-35,39H2,1,3-5H3,(H,56,62)/t40-,43+,50-,51+,52+,55+/m0/s1. The van der Waals surface area contributed by atoms with Gasteiger partial charge in [0.15, 0.2) is 0 Å². The number of hydrogen-bond acceptors (Lipinski definition) is 14. The number of allylic oxidation sites excluding steroid dienone is 1. The van der Waals surface area contributed by atoms with Gasteiger partial charge in [-0.1, -0.05) is 94.9 Å². The maximum atomic E-state index is 14.7. The van der Waals surface area contributed by atoms with Gasteiger partial charge >= 0.3 is 12.2 Å². The summed E-state index contributed by atoms with van der Waals surface area (Å²) in [6.45, 7) is 8.97. The fourth-order valence-corrected chi connectivity index (χ4v) is 10.5. The number of aliphatic hydroxyl groups excluding tert-OH is 3. The zero-order chi connectivity index (χ0) is 50.9. The Hall–Kier alpha value is -4.87. The molecule has 0 aromatic heterocycles. The summed E-state index contributed by atoms with van der Waals surface area (Å²) in [5.74, 6) is -0.842. The summed E-state index contributed by atoms with van der Waals surface area (Å²) in [6, 6.07) is 9.51.